The van der Waals surface area contributed by atoms with Crippen molar-refractivity contribution >= 4 is 15.9 Å². The number of nitrogens with one attached hydrogen (secondary N) is 1. The van der Waals surface area contributed by atoms with Gasteiger partial charge in [-0.25, -0.2) is 0 Å². The molecular formula is C10H14BrN. The third kappa shape index (κ3) is 3.37. The number of hydrogen-bond donors (Lipinski definition) is 1. The van der Waals surface area contributed by atoms with Gasteiger partial charge in [0.2, 0.25) is 0 Å². The first kappa shape index (κ1) is 9.75. The lowest BCUT2D eigenvalue weighted by Gasteiger charge is -2.02. The van der Waals surface area contributed by atoms with Gasteiger partial charge in [0, 0.05) is 18.4 Å². The fourth-order valence-corrected chi connectivity index (χ4v) is 1.40. The molecule has 1 nitrogen and oxygen atoms in total. The van der Waals surface area contributed by atoms with Crippen LogP contribution in [0.2, 0.25) is 0 Å². The lowest BCUT2D eigenvalue weighted by Crippen LogP contribution is -2.15. The summed E-state index contributed by atoms with van der Waals surface area (Å²) in [7, 11) is 0. The number of benzene rings is 1. The van der Waals surface area contributed by atoms with E-state index in [4.69, 9.17) is 0 Å². The zero-order valence-electron chi connectivity index (χ0n) is 7.31. The van der Waals surface area contributed by atoms with Gasteiger partial charge in [-0.2, -0.15) is 0 Å². The first-order valence-corrected chi connectivity index (χ1v) is 5.27. The van der Waals surface area contributed by atoms with Crippen molar-refractivity contribution in [2.75, 3.05) is 11.9 Å². The summed E-state index contributed by atoms with van der Waals surface area (Å²) in [6.45, 7) is 4.11. The Bertz CT molecular complexity index is 235. The van der Waals surface area contributed by atoms with Gasteiger partial charge in [-0.3, -0.25) is 0 Å². The molecule has 0 bridgehead atoms. The molecule has 0 aliphatic heterocycles. The Morgan fingerprint density at radius 1 is 1.42 bits per heavy atom. The summed E-state index contributed by atoms with van der Waals surface area (Å²) in [6.07, 6.45) is 0. The van der Waals surface area contributed by atoms with Crippen molar-refractivity contribution in [2.24, 2.45) is 0 Å². The van der Waals surface area contributed by atoms with Crippen LogP contribution in [0.3, 0.4) is 0 Å². The van der Waals surface area contributed by atoms with Crippen molar-refractivity contribution in [3.8, 4) is 0 Å². The molecule has 0 spiro atoms. The van der Waals surface area contributed by atoms with Gasteiger partial charge in [-0.05, 0) is 12.5 Å². The van der Waals surface area contributed by atoms with Gasteiger partial charge in [-0.15, -0.1) is 0 Å². The van der Waals surface area contributed by atoms with E-state index in [-0.39, 0.29) is 0 Å². The van der Waals surface area contributed by atoms with Crippen LogP contribution in [0.25, 0.3) is 0 Å². The first-order chi connectivity index (χ1) is 5.83. The molecule has 1 rings (SSSR count). The summed E-state index contributed by atoms with van der Waals surface area (Å²) in [5.74, 6) is 0. The third-order valence-corrected chi connectivity index (χ3v) is 2.08. The summed E-state index contributed by atoms with van der Waals surface area (Å²) in [5.41, 5.74) is 2.68. The second kappa shape index (κ2) is 5.33. The van der Waals surface area contributed by atoms with Gasteiger partial charge in [-0.1, -0.05) is 45.8 Å². The maximum atomic E-state index is 3.37. The van der Waals surface area contributed by atoms with E-state index in [1.54, 1.807) is 0 Å². The largest absolute Gasteiger partial charge is 0.312 e. The Morgan fingerprint density at radius 3 is 2.92 bits per heavy atom. The molecule has 1 aromatic carbocycles. The molecular weight excluding hydrogens is 214 g/mol. The molecule has 0 atom stereocenters. The minimum atomic E-state index is 0.966. The second-order valence-electron chi connectivity index (χ2n) is 2.85. The summed E-state index contributed by atoms with van der Waals surface area (Å²) >= 11 is 3.37. The Balaban J connectivity index is 2.41. The first-order valence-electron chi connectivity index (χ1n) is 4.15. The lowest BCUT2D eigenvalue weighted by molar-refractivity contribution is 0.734. The highest BCUT2D eigenvalue weighted by atomic mass is 79.9. The SMILES string of the molecule is Cc1cccc(CNCCBr)c1. The molecule has 0 aliphatic carbocycles. The van der Waals surface area contributed by atoms with Crippen LogP contribution in [0.5, 0.6) is 0 Å². The molecule has 0 heterocycles. The topological polar surface area (TPSA) is 12.0 Å². The van der Waals surface area contributed by atoms with Crippen LogP contribution in [-0.2, 0) is 6.54 Å². The van der Waals surface area contributed by atoms with E-state index in [0.717, 1.165) is 18.4 Å². The normalized spacial score (nSPS) is 10.2. The fourth-order valence-electron chi connectivity index (χ4n) is 1.12. The predicted molar refractivity (Wildman–Crippen MR) is 56.7 cm³/mol. The molecule has 0 fully saturated rings. The van der Waals surface area contributed by atoms with E-state index in [1.165, 1.54) is 11.1 Å². The van der Waals surface area contributed by atoms with Gasteiger partial charge >= 0.3 is 0 Å². The number of rotatable bonds is 4. The van der Waals surface area contributed by atoms with Crippen molar-refractivity contribution < 1.29 is 0 Å². The van der Waals surface area contributed by atoms with Gasteiger partial charge in [0.15, 0.2) is 0 Å². The number of halogens is 1. The number of alkyl halides is 1. The van der Waals surface area contributed by atoms with E-state index < -0.39 is 0 Å². The molecule has 0 aliphatic rings. The van der Waals surface area contributed by atoms with Crippen molar-refractivity contribution in [1.29, 1.82) is 0 Å². The molecule has 2 heteroatoms. The van der Waals surface area contributed by atoms with E-state index in [1.807, 2.05) is 0 Å². The third-order valence-electron chi connectivity index (χ3n) is 1.68. The molecule has 0 saturated heterocycles. The standard InChI is InChI=1S/C10H14BrN/c1-9-3-2-4-10(7-9)8-12-6-5-11/h2-4,7,12H,5-6,8H2,1H3. The molecule has 0 amide bonds. The minimum absolute atomic E-state index is 0.966. The van der Waals surface area contributed by atoms with Crippen LogP contribution in [0.15, 0.2) is 24.3 Å². The van der Waals surface area contributed by atoms with Crippen LogP contribution >= 0.6 is 15.9 Å². The fraction of sp³-hybridized carbons (Fsp3) is 0.400. The summed E-state index contributed by atoms with van der Waals surface area (Å²) in [5, 5.41) is 4.34. The summed E-state index contributed by atoms with van der Waals surface area (Å²) < 4.78 is 0. The van der Waals surface area contributed by atoms with E-state index in [0.29, 0.717) is 0 Å². The lowest BCUT2D eigenvalue weighted by atomic mass is 10.1. The van der Waals surface area contributed by atoms with Crippen LogP contribution in [0.1, 0.15) is 11.1 Å². The van der Waals surface area contributed by atoms with E-state index in [2.05, 4.69) is 52.4 Å². The summed E-state index contributed by atoms with van der Waals surface area (Å²) in [4.78, 5) is 0. The van der Waals surface area contributed by atoms with Gasteiger partial charge < -0.3 is 5.32 Å². The van der Waals surface area contributed by atoms with Crippen LogP contribution < -0.4 is 5.32 Å². The Morgan fingerprint density at radius 2 is 2.25 bits per heavy atom. The van der Waals surface area contributed by atoms with Crippen molar-refractivity contribution in [3.05, 3.63) is 35.4 Å². The monoisotopic (exact) mass is 227 g/mol. The second-order valence-corrected chi connectivity index (χ2v) is 3.65. The van der Waals surface area contributed by atoms with E-state index >= 15 is 0 Å². The smallest absolute Gasteiger partial charge is 0.0205 e. The molecule has 1 aromatic rings. The molecule has 0 radical (unpaired) electrons. The average molecular weight is 228 g/mol. The molecule has 0 unspecified atom stereocenters. The van der Waals surface area contributed by atoms with Gasteiger partial charge in [0.05, 0.1) is 0 Å². The maximum absolute atomic E-state index is 3.37. The van der Waals surface area contributed by atoms with Crippen LogP contribution in [-0.4, -0.2) is 11.9 Å². The van der Waals surface area contributed by atoms with Gasteiger partial charge in [0.25, 0.3) is 0 Å². The van der Waals surface area contributed by atoms with Crippen molar-refractivity contribution in [1.82, 2.24) is 5.32 Å². The predicted octanol–water partition coefficient (Wildman–Crippen LogP) is 2.48. The highest BCUT2D eigenvalue weighted by Gasteiger charge is 1.91. The van der Waals surface area contributed by atoms with Crippen LogP contribution in [0.4, 0.5) is 0 Å². The molecule has 66 valence electrons. The molecule has 0 saturated carbocycles. The Kier molecular flexibility index (Phi) is 4.33. The minimum Gasteiger partial charge on any atom is -0.312 e. The number of hydrogen-bond acceptors (Lipinski definition) is 1. The Hall–Kier alpha value is -0.340. The quantitative estimate of drug-likeness (QED) is 0.616. The van der Waals surface area contributed by atoms with Crippen molar-refractivity contribution in [3.63, 3.8) is 0 Å². The van der Waals surface area contributed by atoms with Gasteiger partial charge in [0.1, 0.15) is 0 Å². The Labute approximate surface area is 82.3 Å². The number of aryl methyl sites for hydroxylation is 1. The molecule has 1 N–H and O–H groups in total. The zero-order chi connectivity index (χ0) is 8.81. The van der Waals surface area contributed by atoms with Crippen LogP contribution in [0, 0.1) is 6.92 Å². The maximum Gasteiger partial charge on any atom is 0.0205 e. The highest BCUT2D eigenvalue weighted by Crippen LogP contribution is 2.02. The van der Waals surface area contributed by atoms with E-state index in [9.17, 15) is 0 Å². The summed E-state index contributed by atoms with van der Waals surface area (Å²) in [6, 6.07) is 8.57. The molecule has 0 aromatic heterocycles. The average Bonchev–Trinajstić information content (AvgIpc) is 2.05. The van der Waals surface area contributed by atoms with Crippen molar-refractivity contribution in [2.45, 2.75) is 13.5 Å². The zero-order valence-corrected chi connectivity index (χ0v) is 8.89. The molecule has 12 heavy (non-hydrogen) atoms. The highest BCUT2D eigenvalue weighted by molar-refractivity contribution is 9.09.